The molecular formula is C24H35IN4O3. The minimum Gasteiger partial charge on any atom is -0.495 e. The smallest absolute Gasteiger partial charge is 0.191 e. The number of rotatable bonds is 9. The Balaban J connectivity index is 0.00000363. The normalized spacial score (nSPS) is 16.7. The van der Waals surface area contributed by atoms with E-state index in [0.29, 0.717) is 12.5 Å². The van der Waals surface area contributed by atoms with Crippen LogP contribution in [0.5, 0.6) is 17.2 Å². The summed E-state index contributed by atoms with van der Waals surface area (Å²) >= 11 is 0. The zero-order valence-corrected chi connectivity index (χ0v) is 21.7. The molecule has 2 aromatic carbocycles. The molecule has 1 heterocycles. The molecule has 1 aliphatic heterocycles. The highest BCUT2D eigenvalue weighted by molar-refractivity contribution is 14.0. The van der Waals surface area contributed by atoms with Crippen LogP contribution >= 0.6 is 24.0 Å². The van der Waals surface area contributed by atoms with Crippen molar-refractivity contribution in [3.05, 3.63) is 48.5 Å². The molecular weight excluding hydrogens is 519 g/mol. The van der Waals surface area contributed by atoms with Gasteiger partial charge in [0.25, 0.3) is 0 Å². The van der Waals surface area contributed by atoms with Crippen LogP contribution in [0.3, 0.4) is 0 Å². The van der Waals surface area contributed by atoms with Crippen LogP contribution in [-0.4, -0.2) is 59.5 Å². The molecule has 1 aliphatic rings. The molecule has 2 atom stereocenters. The Morgan fingerprint density at radius 2 is 1.69 bits per heavy atom. The number of hydrogen-bond donors (Lipinski definition) is 2. The van der Waals surface area contributed by atoms with Crippen molar-refractivity contribution < 1.29 is 14.2 Å². The number of halogens is 1. The maximum atomic E-state index is 6.01. The summed E-state index contributed by atoms with van der Waals surface area (Å²) in [5, 5.41) is 6.81. The van der Waals surface area contributed by atoms with Gasteiger partial charge in [-0.2, -0.15) is 0 Å². The van der Waals surface area contributed by atoms with Crippen LogP contribution in [0.2, 0.25) is 0 Å². The van der Waals surface area contributed by atoms with E-state index >= 15 is 0 Å². The van der Waals surface area contributed by atoms with Crippen molar-refractivity contribution in [3.8, 4) is 17.2 Å². The number of benzene rings is 2. The van der Waals surface area contributed by atoms with Crippen LogP contribution in [-0.2, 0) is 0 Å². The summed E-state index contributed by atoms with van der Waals surface area (Å²) in [6, 6.07) is 15.9. The molecule has 1 fully saturated rings. The third kappa shape index (κ3) is 7.08. The first-order valence-electron chi connectivity index (χ1n) is 10.8. The van der Waals surface area contributed by atoms with Crippen LogP contribution in [0, 0.1) is 5.92 Å². The standard InChI is InChI=1S/C24H34N4O3.HI/c1-18(31-23-12-8-7-11-22(23)30-4)15-26-24(25-2)27-16-19-13-14-28(17-19)20-9-5-6-10-21(20)29-3;/h5-12,18-19H,13-17H2,1-4H3,(H2,25,26,27);1H. The second-order valence-corrected chi connectivity index (χ2v) is 7.69. The first-order chi connectivity index (χ1) is 15.1. The van der Waals surface area contributed by atoms with E-state index in [1.807, 2.05) is 43.3 Å². The van der Waals surface area contributed by atoms with Crippen LogP contribution < -0.4 is 29.7 Å². The molecule has 0 amide bonds. The number of para-hydroxylation sites is 4. The van der Waals surface area contributed by atoms with Gasteiger partial charge >= 0.3 is 0 Å². The molecule has 2 aromatic rings. The van der Waals surface area contributed by atoms with E-state index in [-0.39, 0.29) is 30.1 Å². The fourth-order valence-electron chi connectivity index (χ4n) is 3.79. The Hall–Kier alpha value is -2.36. The Labute approximate surface area is 208 Å². The van der Waals surface area contributed by atoms with Crippen molar-refractivity contribution in [1.29, 1.82) is 0 Å². The Kier molecular flexibility index (Phi) is 10.7. The van der Waals surface area contributed by atoms with E-state index < -0.39 is 0 Å². The average Bonchev–Trinajstić information content (AvgIpc) is 3.28. The molecule has 0 saturated carbocycles. The highest BCUT2D eigenvalue weighted by Crippen LogP contribution is 2.31. The van der Waals surface area contributed by atoms with Crippen molar-refractivity contribution in [2.75, 3.05) is 52.3 Å². The zero-order valence-electron chi connectivity index (χ0n) is 19.3. The molecule has 1 saturated heterocycles. The fourth-order valence-corrected chi connectivity index (χ4v) is 3.79. The average molecular weight is 554 g/mol. The summed E-state index contributed by atoms with van der Waals surface area (Å²) in [4.78, 5) is 6.74. The monoisotopic (exact) mass is 554 g/mol. The van der Waals surface area contributed by atoms with E-state index in [0.717, 1.165) is 55.0 Å². The topological polar surface area (TPSA) is 67.4 Å². The van der Waals surface area contributed by atoms with Gasteiger partial charge in [-0.25, -0.2) is 0 Å². The summed E-state index contributed by atoms with van der Waals surface area (Å²) < 4.78 is 16.9. The second kappa shape index (κ2) is 13.2. The first kappa shape index (κ1) is 25.9. The summed E-state index contributed by atoms with van der Waals surface area (Å²) in [5.74, 6) is 3.73. The second-order valence-electron chi connectivity index (χ2n) is 7.69. The Morgan fingerprint density at radius 3 is 2.38 bits per heavy atom. The van der Waals surface area contributed by atoms with Gasteiger partial charge in [-0.15, -0.1) is 24.0 Å². The molecule has 32 heavy (non-hydrogen) atoms. The lowest BCUT2D eigenvalue weighted by Gasteiger charge is -2.22. The first-order valence-corrected chi connectivity index (χ1v) is 10.8. The third-order valence-electron chi connectivity index (χ3n) is 5.45. The largest absolute Gasteiger partial charge is 0.495 e. The van der Waals surface area contributed by atoms with Crippen molar-refractivity contribution in [3.63, 3.8) is 0 Å². The number of methoxy groups -OCH3 is 2. The van der Waals surface area contributed by atoms with Crippen LogP contribution in [0.1, 0.15) is 13.3 Å². The number of nitrogens with one attached hydrogen (secondary N) is 2. The SMILES string of the molecule is CN=C(NCC1CCN(c2ccccc2OC)C1)NCC(C)Oc1ccccc1OC.I. The number of hydrogen-bond acceptors (Lipinski definition) is 5. The van der Waals surface area contributed by atoms with Gasteiger partial charge in [0.2, 0.25) is 0 Å². The summed E-state index contributed by atoms with van der Waals surface area (Å²) in [6.07, 6.45) is 1.09. The van der Waals surface area contributed by atoms with Gasteiger partial charge < -0.3 is 29.7 Å². The molecule has 0 spiro atoms. The lowest BCUT2D eigenvalue weighted by Crippen LogP contribution is -2.43. The summed E-state index contributed by atoms with van der Waals surface area (Å²) in [5.41, 5.74) is 1.16. The minimum absolute atomic E-state index is 0. The number of guanidine groups is 1. The molecule has 0 aromatic heterocycles. The van der Waals surface area contributed by atoms with Crippen LogP contribution in [0.4, 0.5) is 5.69 Å². The fraction of sp³-hybridized carbons (Fsp3) is 0.458. The van der Waals surface area contributed by atoms with Crippen molar-refractivity contribution in [1.82, 2.24) is 10.6 Å². The molecule has 8 heteroatoms. The molecule has 0 radical (unpaired) electrons. The van der Waals surface area contributed by atoms with Gasteiger partial charge in [0.15, 0.2) is 17.5 Å². The highest BCUT2D eigenvalue weighted by atomic mass is 127. The number of ether oxygens (including phenoxy) is 3. The van der Waals surface area contributed by atoms with E-state index in [9.17, 15) is 0 Å². The van der Waals surface area contributed by atoms with Crippen molar-refractivity contribution in [2.24, 2.45) is 10.9 Å². The Bertz CT molecular complexity index is 865. The third-order valence-corrected chi connectivity index (χ3v) is 5.45. The maximum absolute atomic E-state index is 6.01. The van der Waals surface area contributed by atoms with E-state index in [1.165, 1.54) is 0 Å². The van der Waals surface area contributed by atoms with Gasteiger partial charge in [0, 0.05) is 26.7 Å². The summed E-state index contributed by atoms with van der Waals surface area (Å²) in [7, 11) is 5.16. The van der Waals surface area contributed by atoms with Crippen molar-refractivity contribution in [2.45, 2.75) is 19.4 Å². The molecule has 7 nitrogen and oxygen atoms in total. The molecule has 2 unspecified atom stereocenters. The van der Waals surface area contributed by atoms with E-state index in [1.54, 1.807) is 21.3 Å². The molecule has 176 valence electrons. The minimum atomic E-state index is -0.0395. The van der Waals surface area contributed by atoms with Crippen LogP contribution in [0.25, 0.3) is 0 Å². The van der Waals surface area contributed by atoms with Gasteiger partial charge in [-0.05, 0) is 43.5 Å². The predicted octanol–water partition coefficient (Wildman–Crippen LogP) is 3.78. The molecule has 0 bridgehead atoms. The highest BCUT2D eigenvalue weighted by Gasteiger charge is 2.24. The van der Waals surface area contributed by atoms with Crippen molar-refractivity contribution >= 4 is 35.6 Å². The Morgan fingerprint density at radius 1 is 1.03 bits per heavy atom. The summed E-state index contributed by atoms with van der Waals surface area (Å²) in [6.45, 7) is 5.55. The van der Waals surface area contributed by atoms with Gasteiger partial charge in [-0.3, -0.25) is 4.99 Å². The van der Waals surface area contributed by atoms with Gasteiger partial charge in [0.1, 0.15) is 11.9 Å². The quantitative estimate of drug-likeness (QED) is 0.280. The van der Waals surface area contributed by atoms with Gasteiger partial charge in [0.05, 0.1) is 26.5 Å². The number of aliphatic imine (C=N–C) groups is 1. The lowest BCUT2D eigenvalue weighted by atomic mass is 10.1. The zero-order chi connectivity index (χ0) is 22.1. The predicted molar refractivity (Wildman–Crippen MR) is 141 cm³/mol. The molecule has 3 rings (SSSR count). The van der Waals surface area contributed by atoms with Crippen LogP contribution in [0.15, 0.2) is 53.5 Å². The maximum Gasteiger partial charge on any atom is 0.191 e. The lowest BCUT2D eigenvalue weighted by molar-refractivity contribution is 0.213. The molecule has 2 N–H and O–H groups in total. The van der Waals surface area contributed by atoms with E-state index in [4.69, 9.17) is 14.2 Å². The van der Waals surface area contributed by atoms with Gasteiger partial charge in [-0.1, -0.05) is 24.3 Å². The number of anilines is 1. The molecule has 0 aliphatic carbocycles. The van der Waals surface area contributed by atoms with E-state index in [2.05, 4.69) is 32.7 Å². The number of nitrogens with zero attached hydrogens (tertiary/aromatic N) is 2.